The summed E-state index contributed by atoms with van der Waals surface area (Å²) in [6.45, 7) is 2.06. The van der Waals surface area contributed by atoms with Crippen LogP contribution in [0.5, 0.6) is 0 Å². The van der Waals surface area contributed by atoms with Crippen LogP contribution in [0.3, 0.4) is 0 Å². The largest absolute Gasteiger partial charge is 0.399 e. The van der Waals surface area contributed by atoms with Gasteiger partial charge >= 0.3 is 0 Å². The molecule has 2 atom stereocenters. The number of aryl methyl sites for hydroxylation is 1. The van der Waals surface area contributed by atoms with E-state index < -0.39 is 0 Å². The summed E-state index contributed by atoms with van der Waals surface area (Å²) >= 11 is 0. The number of halogens is 1. The minimum absolute atomic E-state index is 0.0414. The van der Waals surface area contributed by atoms with Gasteiger partial charge in [0.25, 0.3) is 0 Å². The Kier molecular flexibility index (Phi) is 3.68. The number of benzene rings is 2. The molecule has 3 rings (SSSR count). The molecular weight excluding hydrogens is 263 g/mol. The lowest BCUT2D eigenvalue weighted by molar-refractivity contribution is 0.182. The number of hydrogen-bond acceptors (Lipinski definition) is 2. The van der Waals surface area contributed by atoms with Gasteiger partial charge in [0.2, 0.25) is 0 Å². The van der Waals surface area contributed by atoms with Crippen LogP contribution >= 0.6 is 0 Å². The molecule has 0 fully saturated rings. The zero-order chi connectivity index (χ0) is 15.0. The summed E-state index contributed by atoms with van der Waals surface area (Å²) in [6.07, 6.45) is 2.10. The fourth-order valence-electron chi connectivity index (χ4n) is 3.34. The van der Waals surface area contributed by atoms with E-state index >= 15 is 0 Å². The van der Waals surface area contributed by atoms with E-state index in [0.29, 0.717) is 6.04 Å². The van der Waals surface area contributed by atoms with Crippen LogP contribution in [0.15, 0.2) is 42.5 Å². The molecular formula is C18H21FN2. The first-order chi connectivity index (χ1) is 10.1. The van der Waals surface area contributed by atoms with Crippen LogP contribution in [0.2, 0.25) is 0 Å². The maximum absolute atomic E-state index is 14.0. The van der Waals surface area contributed by atoms with Crippen molar-refractivity contribution in [1.82, 2.24) is 4.90 Å². The number of nitrogens with two attached hydrogens (primary N) is 1. The van der Waals surface area contributed by atoms with Gasteiger partial charge in [-0.05, 0) is 56.1 Å². The highest BCUT2D eigenvalue weighted by Gasteiger charge is 2.29. The van der Waals surface area contributed by atoms with E-state index in [2.05, 4.69) is 31.0 Å². The number of rotatable bonds is 3. The Balaban J connectivity index is 1.87. The fraction of sp³-hybridized carbons (Fsp3) is 0.333. The van der Waals surface area contributed by atoms with E-state index in [1.54, 1.807) is 6.07 Å². The highest BCUT2D eigenvalue weighted by atomic mass is 19.1. The van der Waals surface area contributed by atoms with E-state index in [1.165, 1.54) is 17.2 Å². The molecule has 2 unspecified atom stereocenters. The zero-order valence-corrected chi connectivity index (χ0v) is 12.5. The van der Waals surface area contributed by atoms with Crippen molar-refractivity contribution in [3.63, 3.8) is 0 Å². The molecule has 0 radical (unpaired) electrons. The van der Waals surface area contributed by atoms with Crippen molar-refractivity contribution < 1.29 is 4.39 Å². The SMILES string of the molecule is CC(c1ccccc1F)N(C)C1CCc2cc(N)ccc21. The highest BCUT2D eigenvalue weighted by Crippen LogP contribution is 2.39. The van der Waals surface area contributed by atoms with Gasteiger partial charge in [0, 0.05) is 23.3 Å². The monoisotopic (exact) mass is 284 g/mol. The number of nitrogens with zero attached hydrogens (tertiary/aromatic N) is 1. The van der Waals surface area contributed by atoms with Crippen molar-refractivity contribution in [2.45, 2.75) is 31.8 Å². The van der Waals surface area contributed by atoms with E-state index in [1.807, 2.05) is 18.2 Å². The van der Waals surface area contributed by atoms with E-state index in [0.717, 1.165) is 24.1 Å². The Morgan fingerprint density at radius 3 is 2.76 bits per heavy atom. The Hall–Kier alpha value is -1.87. The lowest BCUT2D eigenvalue weighted by Crippen LogP contribution is -2.27. The summed E-state index contributed by atoms with van der Waals surface area (Å²) in [4.78, 5) is 2.26. The molecule has 0 aliphatic heterocycles. The second-order valence-electron chi connectivity index (χ2n) is 5.88. The lowest BCUT2D eigenvalue weighted by Gasteiger charge is -2.31. The van der Waals surface area contributed by atoms with Gasteiger partial charge in [-0.2, -0.15) is 0 Å². The predicted molar refractivity (Wildman–Crippen MR) is 84.5 cm³/mol. The molecule has 0 spiro atoms. The van der Waals surface area contributed by atoms with E-state index in [9.17, 15) is 4.39 Å². The second-order valence-corrected chi connectivity index (χ2v) is 5.88. The third kappa shape index (κ3) is 2.54. The van der Waals surface area contributed by atoms with Crippen LogP contribution in [0.25, 0.3) is 0 Å². The van der Waals surface area contributed by atoms with Crippen LogP contribution in [0.1, 0.15) is 42.1 Å². The maximum Gasteiger partial charge on any atom is 0.127 e. The first-order valence-corrected chi connectivity index (χ1v) is 7.42. The van der Waals surface area contributed by atoms with Crippen molar-refractivity contribution in [3.05, 3.63) is 65.0 Å². The van der Waals surface area contributed by atoms with Gasteiger partial charge in [0.1, 0.15) is 5.82 Å². The van der Waals surface area contributed by atoms with Gasteiger partial charge in [-0.1, -0.05) is 24.3 Å². The molecule has 0 saturated heterocycles. The smallest absolute Gasteiger partial charge is 0.127 e. The topological polar surface area (TPSA) is 29.3 Å². The number of hydrogen-bond donors (Lipinski definition) is 1. The summed E-state index contributed by atoms with van der Waals surface area (Å²) in [5.41, 5.74) is 10.1. The highest BCUT2D eigenvalue weighted by molar-refractivity contribution is 5.47. The standard InChI is InChI=1S/C18H21FN2/c1-12(15-5-3-4-6-17(15)19)21(2)18-10-7-13-11-14(20)8-9-16(13)18/h3-6,8-9,11-12,18H,7,10,20H2,1-2H3. The maximum atomic E-state index is 14.0. The third-order valence-corrected chi connectivity index (χ3v) is 4.67. The molecule has 2 aromatic carbocycles. The summed E-state index contributed by atoms with van der Waals surface area (Å²) in [7, 11) is 2.08. The third-order valence-electron chi connectivity index (χ3n) is 4.67. The Morgan fingerprint density at radius 2 is 2.00 bits per heavy atom. The number of anilines is 1. The second kappa shape index (κ2) is 5.49. The summed E-state index contributed by atoms with van der Waals surface area (Å²) in [5, 5.41) is 0. The molecule has 0 heterocycles. The van der Waals surface area contributed by atoms with E-state index in [-0.39, 0.29) is 11.9 Å². The first-order valence-electron chi connectivity index (χ1n) is 7.42. The van der Waals surface area contributed by atoms with Crippen LogP contribution in [-0.2, 0) is 6.42 Å². The molecule has 0 bridgehead atoms. The Labute approximate surface area is 125 Å². The van der Waals surface area contributed by atoms with Crippen LogP contribution < -0.4 is 5.73 Å². The van der Waals surface area contributed by atoms with Gasteiger partial charge in [-0.15, -0.1) is 0 Å². The molecule has 0 aromatic heterocycles. The number of fused-ring (bicyclic) bond motifs is 1. The zero-order valence-electron chi connectivity index (χ0n) is 12.5. The normalized spacial score (nSPS) is 18.8. The van der Waals surface area contributed by atoms with Gasteiger partial charge in [0.15, 0.2) is 0 Å². The Morgan fingerprint density at radius 1 is 1.24 bits per heavy atom. The van der Waals surface area contributed by atoms with Crippen molar-refractivity contribution in [3.8, 4) is 0 Å². The molecule has 1 aliphatic carbocycles. The average Bonchev–Trinajstić information content (AvgIpc) is 2.89. The van der Waals surface area contributed by atoms with Crippen LogP contribution in [0, 0.1) is 5.82 Å². The molecule has 0 amide bonds. The van der Waals surface area contributed by atoms with Crippen molar-refractivity contribution in [1.29, 1.82) is 0 Å². The quantitative estimate of drug-likeness (QED) is 0.860. The molecule has 21 heavy (non-hydrogen) atoms. The molecule has 3 heteroatoms. The van der Waals surface area contributed by atoms with Crippen molar-refractivity contribution in [2.75, 3.05) is 12.8 Å². The van der Waals surface area contributed by atoms with E-state index in [4.69, 9.17) is 5.73 Å². The molecule has 2 nitrogen and oxygen atoms in total. The molecule has 110 valence electrons. The van der Waals surface area contributed by atoms with Gasteiger partial charge in [-0.3, -0.25) is 4.90 Å². The van der Waals surface area contributed by atoms with Gasteiger partial charge in [0.05, 0.1) is 0 Å². The lowest BCUT2D eigenvalue weighted by atomic mass is 10.0. The summed E-state index contributed by atoms with van der Waals surface area (Å²) in [5.74, 6) is -0.132. The van der Waals surface area contributed by atoms with Crippen LogP contribution in [-0.4, -0.2) is 11.9 Å². The molecule has 2 N–H and O–H groups in total. The number of nitrogen functional groups attached to an aromatic ring is 1. The van der Waals surface area contributed by atoms with Crippen LogP contribution in [0.4, 0.5) is 10.1 Å². The molecule has 0 saturated carbocycles. The fourth-order valence-corrected chi connectivity index (χ4v) is 3.34. The average molecular weight is 284 g/mol. The summed E-state index contributed by atoms with van der Waals surface area (Å²) in [6, 6.07) is 13.5. The minimum atomic E-state index is -0.132. The first kappa shape index (κ1) is 14.1. The Bertz CT molecular complexity index is 653. The van der Waals surface area contributed by atoms with Crippen molar-refractivity contribution in [2.24, 2.45) is 0 Å². The van der Waals surface area contributed by atoms with Crippen molar-refractivity contribution >= 4 is 5.69 Å². The molecule has 1 aliphatic rings. The van der Waals surface area contributed by atoms with Gasteiger partial charge in [-0.25, -0.2) is 4.39 Å². The molecule has 2 aromatic rings. The van der Waals surface area contributed by atoms with Gasteiger partial charge < -0.3 is 5.73 Å². The predicted octanol–water partition coefficient (Wildman–Crippen LogP) is 4.09. The minimum Gasteiger partial charge on any atom is -0.399 e. The summed E-state index contributed by atoms with van der Waals surface area (Å²) < 4.78 is 14.0.